The smallest absolute Gasteiger partial charge is 0.318 e. The molecule has 3 rings (SSSR count). The Bertz CT molecular complexity index is 967. The van der Waals surface area contributed by atoms with Crippen molar-refractivity contribution in [3.8, 4) is 11.1 Å². The molecule has 2 aromatic rings. The van der Waals surface area contributed by atoms with E-state index in [0.29, 0.717) is 0 Å². The van der Waals surface area contributed by atoms with Crippen molar-refractivity contribution in [2.24, 2.45) is 21.4 Å². The van der Waals surface area contributed by atoms with E-state index >= 15 is 0 Å². The van der Waals surface area contributed by atoms with Gasteiger partial charge in [0.2, 0.25) is 0 Å². The molecule has 1 aromatic carbocycles. The molecule has 0 spiro atoms. The SMILES string of the molecule is Cc1ncc(C(=O)N=O)cc1-c1ccc2c(c1)=CNC(N=NN)C=2. The number of carbonyl (C=O) groups is 1. The van der Waals surface area contributed by atoms with Gasteiger partial charge in [-0.25, -0.2) is 0 Å². The highest BCUT2D eigenvalue weighted by Gasteiger charge is 2.12. The number of hydrogen-bond acceptors (Lipinski definition) is 6. The highest BCUT2D eigenvalue weighted by molar-refractivity contribution is 5.95. The monoisotopic (exact) mass is 322 g/mol. The molecule has 2 heterocycles. The van der Waals surface area contributed by atoms with Gasteiger partial charge >= 0.3 is 5.91 Å². The van der Waals surface area contributed by atoms with Crippen LogP contribution in [0.4, 0.5) is 0 Å². The van der Waals surface area contributed by atoms with Crippen LogP contribution in [-0.4, -0.2) is 17.1 Å². The van der Waals surface area contributed by atoms with Crippen LogP contribution in [0.1, 0.15) is 16.1 Å². The molecular weight excluding hydrogens is 308 g/mol. The number of pyridine rings is 1. The highest BCUT2D eigenvalue weighted by Crippen LogP contribution is 2.21. The average Bonchev–Trinajstić information content (AvgIpc) is 2.61. The maximum absolute atomic E-state index is 11.5. The molecule has 0 fully saturated rings. The molecular formula is C16H14N6O2. The van der Waals surface area contributed by atoms with Crippen molar-refractivity contribution in [3.63, 3.8) is 0 Å². The van der Waals surface area contributed by atoms with Crippen molar-refractivity contribution >= 4 is 18.2 Å². The molecule has 1 amide bonds. The minimum Gasteiger partial charge on any atom is -0.365 e. The van der Waals surface area contributed by atoms with Gasteiger partial charge in [-0.05, 0) is 41.1 Å². The lowest BCUT2D eigenvalue weighted by Gasteiger charge is -2.12. The molecule has 1 aromatic heterocycles. The molecule has 0 saturated heterocycles. The molecule has 8 nitrogen and oxygen atoms in total. The second-order valence-electron chi connectivity index (χ2n) is 5.25. The summed E-state index contributed by atoms with van der Waals surface area (Å²) in [6, 6.07) is 7.44. The Labute approximate surface area is 136 Å². The second-order valence-corrected chi connectivity index (χ2v) is 5.25. The molecule has 3 N–H and O–H groups in total. The van der Waals surface area contributed by atoms with Crippen molar-refractivity contribution in [1.29, 1.82) is 0 Å². The van der Waals surface area contributed by atoms with Crippen molar-refractivity contribution in [2.45, 2.75) is 13.1 Å². The third-order valence-electron chi connectivity index (χ3n) is 3.75. The molecule has 1 aliphatic heterocycles. The van der Waals surface area contributed by atoms with E-state index in [4.69, 9.17) is 5.84 Å². The van der Waals surface area contributed by atoms with Crippen LogP contribution in [0.2, 0.25) is 0 Å². The summed E-state index contributed by atoms with van der Waals surface area (Å²) in [5, 5.41) is 14.6. The fraction of sp³-hybridized carbons (Fsp3) is 0.125. The van der Waals surface area contributed by atoms with Gasteiger partial charge in [-0.3, -0.25) is 9.78 Å². The van der Waals surface area contributed by atoms with Gasteiger partial charge in [0, 0.05) is 28.8 Å². The summed E-state index contributed by atoms with van der Waals surface area (Å²) in [5.41, 5.74) is 2.56. The number of nitrogens with two attached hydrogens (primary N) is 1. The number of amides is 1. The van der Waals surface area contributed by atoms with E-state index in [9.17, 15) is 9.70 Å². The Morgan fingerprint density at radius 2 is 2.12 bits per heavy atom. The summed E-state index contributed by atoms with van der Waals surface area (Å²) in [6.07, 6.45) is 4.78. The number of hydrogen-bond donors (Lipinski definition) is 2. The predicted molar refractivity (Wildman–Crippen MR) is 88.7 cm³/mol. The van der Waals surface area contributed by atoms with Crippen molar-refractivity contribution in [1.82, 2.24) is 10.3 Å². The Morgan fingerprint density at radius 3 is 2.88 bits per heavy atom. The number of aromatic nitrogens is 1. The predicted octanol–water partition coefficient (Wildman–Crippen LogP) is 0.737. The van der Waals surface area contributed by atoms with E-state index in [0.717, 1.165) is 27.3 Å². The minimum atomic E-state index is -0.835. The molecule has 0 saturated carbocycles. The first-order valence-electron chi connectivity index (χ1n) is 7.15. The zero-order chi connectivity index (χ0) is 17.1. The quantitative estimate of drug-likeness (QED) is 0.373. The third-order valence-corrected chi connectivity index (χ3v) is 3.75. The Hall–Kier alpha value is -3.42. The summed E-state index contributed by atoms with van der Waals surface area (Å²) in [5.74, 6) is 4.23. The lowest BCUT2D eigenvalue weighted by atomic mass is 10.0. The summed E-state index contributed by atoms with van der Waals surface area (Å²) in [7, 11) is 0. The molecule has 8 heteroatoms. The summed E-state index contributed by atoms with van der Waals surface area (Å²) in [6.45, 7) is 1.84. The number of fused-ring (bicyclic) bond motifs is 1. The van der Waals surface area contributed by atoms with Crippen LogP contribution in [0.25, 0.3) is 23.4 Å². The highest BCUT2D eigenvalue weighted by atomic mass is 16.3. The van der Waals surface area contributed by atoms with Gasteiger partial charge in [-0.15, -0.1) is 10.0 Å². The van der Waals surface area contributed by atoms with Crippen molar-refractivity contribution < 1.29 is 4.79 Å². The number of rotatable bonds is 3. The summed E-state index contributed by atoms with van der Waals surface area (Å²) in [4.78, 5) is 26.1. The van der Waals surface area contributed by atoms with Crippen LogP contribution >= 0.6 is 0 Å². The lowest BCUT2D eigenvalue weighted by molar-refractivity contribution is 0.100. The van der Waals surface area contributed by atoms with Crippen molar-refractivity contribution in [2.75, 3.05) is 0 Å². The molecule has 0 aliphatic carbocycles. The summed E-state index contributed by atoms with van der Waals surface area (Å²) < 4.78 is 0. The third kappa shape index (κ3) is 2.89. The van der Waals surface area contributed by atoms with E-state index in [1.165, 1.54) is 6.20 Å². The van der Waals surface area contributed by atoms with E-state index in [1.807, 2.05) is 37.4 Å². The van der Waals surface area contributed by atoms with E-state index in [1.54, 1.807) is 6.07 Å². The van der Waals surface area contributed by atoms with Crippen LogP contribution in [-0.2, 0) is 0 Å². The van der Waals surface area contributed by atoms with Gasteiger partial charge in [-0.1, -0.05) is 17.4 Å². The Kier molecular flexibility index (Phi) is 4.11. The largest absolute Gasteiger partial charge is 0.365 e. The number of aryl methyl sites for hydroxylation is 1. The average molecular weight is 322 g/mol. The standard InChI is InChI=1S/C16H14N6O2/c1-9-14(5-13(8-18-9)16(23)21-24)11-3-2-10-6-15(20-22-17)19-7-12(10)4-11/h2-8,15,19H,1H3,(H2,17,20). The number of nitroso groups, excluding NO2 is 1. The van der Waals surface area contributed by atoms with E-state index < -0.39 is 5.91 Å². The molecule has 1 unspecified atom stereocenters. The molecule has 1 aliphatic rings. The van der Waals surface area contributed by atoms with Crippen LogP contribution in [0.5, 0.6) is 0 Å². The molecule has 1 atom stereocenters. The maximum atomic E-state index is 11.5. The molecule has 0 radical (unpaired) electrons. The first-order chi connectivity index (χ1) is 11.6. The van der Waals surface area contributed by atoms with Crippen LogP contribution < -0.4 is 21.6 Å². The first kappa shape index (κ1) is 15.5. The van der Waals surface area contributed by atoms with Gasteiger partial charge in [0.05, 0.1) is 5.56 Å². The van der Waals surface area contributed by atoms with Gasteiger partial charge in [0.15, 0.2) is 6.17 Å². The number of nitrogens with one attached hydrogen (secondary N) is 1. The fourth-order valence-corrected chi connectivity index (χ4v) is 2.55. The van der Waals surface area contributed by atoms with Gasteiger partial charge in [-0.2, -0.15) is 0 Å². The van der Waals surface area contributed by atoms with E-state index in [-0.39, 0.29) is 11.7 Å². The van der Waals surface area contributed by atoms with E-state index in [2.05, 4.69) is 25.8 Å². The minimum absolute atomic E-state index is 0.167. The summed E-state index contributed by atoms with van der Waals surface area (Å²) >= 11 is 0. The Balaban J connectivity index is 2.08. The van der Waals surface area contributed by atoms with Crippen LogP contribution in [0.15, 0.2) is 46.0 Å². The van der Waals surface area contributed by atoms with Crippen LogP contribution in [0.3, 0.4) is 0 Å². The molecule has 120 valence electrons. The number of nitrogens with zero attached hydrogens (tertiary/aromatic N) is 4. The zero-order valence-electron chi connectivity index (χ0n) is 12.8. The lowest BCUT2D eigenvalue weighted by Crippen LogP contribution is -2.37. The number of benzene rings is 1. The maximum Gasteiger partial charge on any atom is 0.318 e. The Morgan fingerprint density at radius 1 is 1.29 bits per heavy atom. The van der Waals surface area contributed by atoms with Gasteiger partial charge in [0.25, 0.3) is 0 Å². The topological polar surface area (TPSA) is 122 Å². The number of carbonyl (C=O) groups excluding carboxylic acids is 1. The first-order valence-corrected chi connectivity index (χ1v) is 7.15. The second kappa shape index (κ2) is 6.37. The zero-order valence-corrected chi connectivity index (χ0v) is 12.8. The van der Waals surface area contributed by atoms with Gasteiger partial charge < -0.3 is 11.2 Å². The van der Waals surface area contributed by atoms with Crippen molar-refractivity contribution in [3.05, 3.63) is 57.1 Å². The molecule has 24 heavy (non-hydrogen) atoms. The van der Waals surface area contributed by atoms with Crippen LogP contribution in [0, 0.1) is 11.8 Å². The van der Waals surface area contributed by atoms with Gasteiger partial charge in [0.1, 0.15) is 0 Å². The molecule has 0 bridgehead atoms. The fourth-order valence-electron chi connectivity index (χ4n) is 2.55. The normalized spacial score (nSPS) is 15.8.